The van der Waals surface area contributed by atoms with Gasteiger partial charge >= 0.3 is 0 Å². The number of carbonyl (C=O) groups is 2. The van der Waals surface area contributed by atoms with Gasteiger partial charge in [-0.15, -0.1) is 0 Å². The highest BCUT2D eigenvalue weighted by atomic mass is 16.2. The van der Waals surface area contributed by atoms with Crippen molar-refractivity contribution in [2.45, 2.75) is 38.3 Å². The zero-order chi connectivity index (χ0) is 16.4. The van der Waals surface area contributed by atoms with E-state index in [9.17, 15) is 9.59 Å². The maximum atomic E-state index is 12.7. The number of hydrogen-bond donors (Lipinski definition) is 1. The summed E-state index contributed by atoms with van der Waals surface area (Å²) in [4.78, 5) is 29.1. The summed E-state index contributed by atoms with van der Waals surface area (Å²) in [5.41, 5.74) is 0.197. The molecule has 23 heavy (non-hydrogen) atoms. The maximum Gasteiger partial charge on any atom is 0.272 e. The Bertz CT molecular complexity index is 589. The van der Waals surface area contributed by atoms with Crippen molar-refractivity contribution in [1.82, 2.24) is 24.9 Å². The van der Waals surface area contributed by atoms with Gasteiger partial charge in [0.05, 0.1) is 0 Å². The topological polar surface area (TPSA) is 70.5 Å². The molecule has 2 fully saturated rings. The van der Waals surface area contributed by atoms with E-state index < -0.39 is 5.54 Å². The van der Waals surface area contributed by atoms with Crippen LogP contribution in [0.5, 0.6) is 0 Å². The van der Waals surface area contributed by atoms with Crippen LogP contribution >= 0.6 is 0 Å². The molecule has 7 nitrogen and oxygen atoms in total. The SMILES string of the molecule is CCCn1nccc1C(=O)N1CCC2(CC1)C(=O)NCCN2C. The number of nitrogens with one attached hydrogen (secondary N) is 1. The number of aromatic nitrogens is 2. The predicted molar refractivity (Wildman–Crippen MR) is 86.0 cm³/mol. The molecule has 3 rings (SSSR count). The van der Waals surface area contributed by atoms with Gasteiger partial charge in [-0.25, -0.2) is 0 Å². The summed E-state index contributed by atoms with van der Waals surface area (Å²) in [5.74, 6) is 0.124. The normalized spacial score (nSPS) is 21.5. The Morgan fingerprint density at radius 3 is 2.74 bits per heavy atom. The quantitative estimate of drug-likeness (QED) is 0.872. The molecular formula is C16H25N5O2. The first-order valence-corrected chi connectivity index (χ1v) is 8.39. The molecule has 1 aromatic rings. The Kier molecular flexibility index (Phi) is 4.39. The fraction of sp³-hybridized carbons (Fsp3) is 0.688. The number of likely N-dealkylation sites (tertiary alicyclic amines) is 1. The highest BCUT2D eigenvalue weighted by Crippen LogP contribution is 2.30. The van der Waals surface area contributed by atoms with Gasteiger partial charge in [0.1, 0.15) is 11.2 Å². The molecule has 0 radical (unpaired) electrons. The van der Waals surface area contributed by atoms with E-state index in [4.69, 9.17) is 0 Å². The third-order valence-corrected chi connectivity index (χ3v) is 5.14. The molecule has 0 bridgehead atoms. The highest BCUT2D eigenvalue weighted by Gasteiger charge is 2.47. The first-order chi connectivity index (χ1) is 11.1. The summed E-state index contributed by atoms with van der Waals surface area (Å²) < 4.78 is 1.77. The van der Waals surface area contributed by atoms with Crippen LogP contribution < -0.4 is 5.32 Å². The lowest BCUT2D eigenvalue weighted by Crippen LogP contribution is -2.67. The van der Waals surface area contributed by atoms with Gasteiger partial charge in [0, 0.05) is 38.9 Å². The van der Waals surface area contributed by atoms with Crippen molar-refractivity contribution in [3.63, 3.8) is 0 Å². The number of likely N-dealkylation sites (N-methyl/N-ethyl adjacent to an activating group) is 1. The average Bonchev–Trinajstić information content (AvgIpc) is 3.01. The Balaban J connectivity index is 1.70. The Hall–Kier alpha value is -1.89. The summed E-state index contributed by atoms with van der Waals surface area (Å²) >= 11 is 0. The Labute approximate surface area is 136 Å². The van der Waals surface area contributed by atoms with Crippen LogP contribution in [0.25, 0.3) is 0 Å². The second kappa shape index (κ2) is 6.31. The van der Waals surface area contributed by atoms with Gasteiger partial charge in [0.2, 0.25) is 5.91 Å². The van der Waals surface area contributed by atoms with E-state index in [0.29, 0.717) is 38.2 Å². The van der Waals surface area contributed by atoms with Crippen LogP contribution in [0.4, 0.5) is 0 Å². The molecule has 0 unspecified atom stereocenters. The van der Waals surface area contributed by atoms with Crippen molar-refractivity contribution in [3.8, 4) is 0 Å². The predicted octanol–water partition coefficient (Wildman–Crippen LogP) is 0.330. The van der Waals surface area contributed by atoms with E-state index in [1.807, 2.05) is 11.9 Å². The monoisotopic (exact) mass is 319 g/mol. The molecule has 126 valence electrons. The van der Waals surface area contributed by atoms with Crippen LogP contribution in [-0.2, 0) is 11.3 Å². The summed E-state index contributed by atoms with van der Waals surface area (Å²) in [5, 5.41) is 7.20. The summed E-state index contributed by atoms with van der Waals surface area (Å²) in [6.45, 7) is 5.59. The second-order valence-electron chi connectivity index (χ2n) is 6.44. The van der Waals surface area contributed by atoms with E-state index in [2.05, 4.69) is 22.2 Å². The van der Waals surface area contributed by atoms with Crippen LogP contribution in [0.2, 0.25) is 0 Å². The van der Waals surface area contributed by atoms with Crippen LogP contribution in [-0.4, -0.2) is 70.2 Å². The van der Waals surface area contributed by atoms with E-state index >= 15 is 0 Å². The molecule has 2 aliphatic rings. The van der Waals surface area contributed by atoms with Crippen LogP contribution in [0, 0.1) is 0 Å². The molecule has 2 amide bonds. The lowest BCUT2D eigenvalue weighted by Gasteiger charge is -2.48. The summed E-state index contributed by atoms with van der Waals surface area (Å²) in [7, 11) is 2.01. The minimum absolute atomic E-state index is 0.0182. The van der Waals surface area contributed by atoms with Crippen LogP contribution in [0.3, 0.4) is 0 Å². The van der Waals surface area contributed by atoms with Crippen LogP contribution in [0.1, 0.15) is 36.7 Å². The van der Waals surface area contributed by atoms with Gasteiger partial charge in [0.25, 0.3) is 5.91 Å². The molecule has 0 saturated carbocycles. The fourth-order valence-electron chi connectivity index (χ4n) is 3.64. The van der Waals surface area contributed by atoms with Gasteiger partial charge in [-0.05, 0) is 32.4 Å². The molecule has 0 aromatic carbocycles. The van der Waals surface area contributed by atoms with Crippen molar-refractivity contribution < 1.29 is 9.59 Å². The molecule has 3 heterocycles. The molecule has 2 saturated heterocycles. The third kappa shape index (κ3) is 2.73. The zero-order valence-corrected chi connectivity index (χ0v) is 13.9. The number of nitrogens with zero attached hydrogens (tertiary/aromatic N) is 4. The number of piperazine rings is 1. The van der Waals surface area contributed by atoms with Gasteiger partial charge in [-0.1, -0.05) is 6.92 Å². The van der Waals surface area contributed by atoms with Crippen molar-refractivity contribution in [2.75, 3.05) is 33.2 Å². The number of carbonyl (C=O) groups excluding carboxylic acids is 2. The standard InChI is InChI=1S/C16H25N5O2/c1-3-9-21-13(4-7-18-21)14(22)20-10-5-16(6-11-20)15(23)17-8-12-19(16)2/h4,7H,3,5-6,8-12H2,1-2H3,(H,17,23). The lowest BCUT2D eigenvalue weighted by molar-refractivity contribution is -0.139. The number of hydrogen-bond acceptors (Lipinski definition) is 4. The Morgan fingerprint density at radius 2 is 2.09 bits per heavy atom. The first kappa shape index (κ1) is 16.0. The lowest BCUT2D eigenvalue weighted by atomic mass is 9.83. The molecule has 0 aliphatic carbocycles. The van der Waals surface area contributed by atoms with E-state index in [-0.39, 0.29) is 11.8 Å². The average molecular weight is 319 g/mol. The number of amides is 2. The number of aryl methyl sites for hydroxylation is 1. The van der Waals surface area contributed by atoms with Gasteiger partial charge in [-0.2, -0.15) is 5.10 Å². The molecule has 2 aliphatic heterocycles. The van der Waals surface area contributed by atoms with Crippen molar-refractivity contribution >= 4 is 11.8 Å². The minimum atomic E-state index is -0.446. The van der Waals surface area contributed by atoms with Crippen LogP contribution in [0.15, 0.2) is 12.3 Å². The maximum absolute atomic E-state index is 12.7. The van der Waals surface area contributed by atoms with Gasteiger partial charge in [0.15, 0.2) is 0 Å². The highest BCUT2D eigenvalue weighted by molar-refractivity contribution is 5.93. The largest absolute Gasteiger partial charge is 0.353 e. The number of rotatable bonds is 3. The molecule has 1 N–H and O–H groups in total. The smallest absolute Gasteiger partial charge is 0.272 e. The van der Waals surface area contributed by atoms with E-state index in [1.165, 1.54) is 0 Å². The molecule has 1 aromatic heterocycles. The number of piperidine rings is 1. The molecular weight excluding hydrogens is 294 g/mol. The first-order valence-electron chi connectivity index (χ1n) is 8.39. The summed E-state index contributed by atoms with van der Waals surface area (Å²) in [6.07, 6.45) is 3.98. The summed E-state index contributed by atoms with van der Waals surface area (Å²) in [6, 6.07) is 1.78. The molecule has 7 heteroatoms. The third-order valence-electron chi connectivity index (χ3n) is 5.14. The van der Waals surface area contributed by atoms with Crippen molar-refractivity contribution in [1.29, 1.82) is 0 Å². The van der Waals surface area contributed by atoms with Gasteiger partial charge < -0.3 is 10.2 Å². The van der Waals surface area contributed by atoms with E-state index in [1.54, 1.807) is 16.9 Å². The van der Waals surface area contributed by atoms with Crippen molar-refractivity contribution in [2.24, 2.45) is 0 Å². The Morgan fingerprint density at radius 1 is 1.35 bits per heavy atom. The zero-order valence-electron chi connectivity index (χ0n) is 13.9. The second-order valence-corrected chi connectivity index (χ2v) is 6.44. The van der Waals surface area contributed by atoms with Crippen molar-refractivity contribution in [3.05, 3.63) is 18.0 Å². The van der Waals surface area contributed by atoms with E-state index in [0.717, 1.165) is 19.5 Å². The fourth-order valence-corrected chi connectivity index (χ4v) is 3.64. The molecule has 0 atom stereocenters. The molecule has 1 spiro atoms. The van der Waals surface area contributed by atoms with Gasteiger partial charge in [-0.3, -0.25) is 19.2 Å². The minimum Gasteiger partial charge on any atom is -0.353 e.